The molecule has 0 unspecified atom stereocenters. The number of hydrogen-bond acceptors (Lipinski definition) is 3. The zero-order valence-corrected chi connectivity index (χ0v) is 13.7. The average molecular weight is 325 g/mol. The van der Waals surface area contributed by atoms with Gasteiger partial charge in [-0.15, -0.1) is 0 Å². The van der Waals surface area contributed by atoms with Crippen LogP contribution in [0.3, 0.4) is 0 Å². The van der Waals surface area contributed by atoms with E-state index >= 15 is 0 Å². The van der Waals surface area contributed by atoms with Crippen molar-refractivity contribution in [3.63, 3.8) is 0 Å². The molecule has 1 aromatic heterocycles. The summed E-state index contributed by atoms with van der Waals surface area (Å²) in [6.45, 7) is 3.85. The van der Waals surface area contributed by atoms with Crippen molar-refractivity contribution in [3.05, 3.63) is 77.1 Å². The molecular weight excluding hydrogens is 308 g/mol. The van der Waals surface area contributed by atoms with E-state index in [1.165, 1.54) is 0 Å². The van der Waals surface area contributed by atoms with E-state index in [2.05, 4.69) is 15.6 Å². The maximum absolute atomic E-state index is 6.53. The molecule has 116 valence electrons. The second kappa shape index (κ2) is 6.67. The van der Waals surface area contributed by atoms with E-state index in [0.29, 0.717) is 5.15 Å². The number of nitrogens with one attached hydrogen (secondary N) is 1. The van der Waals surface area contributed by atoms with Gasteiger partial charge in [0.1, 0.15) is 5.15 Å². The lowest BCUT2D eigenvalue weighted by molar-refractivity contribution is 0.863. The summed E-state index contributed by atoms with van der Waals surface area (Å²) in [7, 11) is 0. The second-order valence-corrected chi connectivity index (χ2v) is 5.53. The number of hydrazone groups is 1. The van der Waals surface area contributed by atoms with E-state index in [1.54, 1.807) is 4.68 Å². The lowest BCUT2D eigenvalue weighted by Gasteiger charge is -2.04. The fourth-order valence-corrected chi connectivity index (χ4v) is 2.78. The third-order valence-electron chi connectivity index (χ3n) is 3.49. The topological polar surface area (TPSA) is 42.2 Å². The molecule has 0 aliphatic heterocycles. The minimum Gasteiger partial charge on any atom is -0.278 e. The van der Waals surface area contributed by atoms with Crippen LogP contribution in [-0.2, 0) is 0 Å². The highest BCUT2D eigenvalue weighted by molar-refractivity contribution is 6.33. The van der Waals surface area contributed by atoms with Crippen molar-refractivity contribution in [1.82, 2.24) is 9.78 Å². The molecule has 23 heavy (non-hydrogen) atoms. The SMILES string of the molecule is C/C(=N\Nc1ccccc1)c1c(C)nn(-c2ccccc2)c1Cl. The van der Waals surface area contributed by atoms with Gasteiger partial charge in [-0.05, 0) is 38.1 Å². The predicted molar refractivity (Wildman–Crippen MR) is 95.6 cm³/mol. The molecule has 1 heterocycles. The minimum atomic E-state index is 0.560. The van der Waals surface area contributed by atoms with Gasteiger partial charge in [0.15, 0.2) is 0 Å². The van der Waals surface area contributed by atoms with Crippen LogP contribution in [0, 0.1) is 6.92 Å². The number of aromatic nitrogens is 2. The van der Waals surface area contributed by atoms with Crippen LogP contribution in [0.15, 0.2) is 65.8 Å². The lowest BCUT2D eigenvalue weighted by atomic mass is 10.2. The fourth-order valence-electron chi connectivity index (χ4n) is 2.37. The number of para-hydroxylation sites is 2. The highest BCUT2D eigenvalue weighted by atomic mass is 35.5. The highest BCUT2D eigenvalue weighted by Crippen LogP contribution is 2.24. The van der Waals surface area contributed by atoms with Crippen molar-refractivity contribution in [1.29, 1.82) is 0 Å². The Hall–Kier alpha value is -2.59. The third-order valence-corrected chi connectivity index (χ3v) is 3.84. The molecule has 0 aliphatic rings. The van der Waals surface area contributed by atoms with Gasteiger partial charge in [-0.2, -0.15) is 10.2 Å². The molecule has 0 fully saturated rings. The molecule has 5 heteroatoms. The normalized spacial score (nSPS) is 11.5. The first-order chi connectivity index (χ1) is 11.2. The monoisotopic (exact) mass is 324 g/mol. The van der Waals surface area contributed by atoms with Crippen LogP contribution < -0.4 is 5.43 Å². The number of aryl methyl sites for hydroxylation is 1. The van der Waals surface area contributed by atoms with Crippen molar-refractivity contribution in [2.24, 2.45) is 5.10 Å². The summed E-state index contributed by atoms with van der Waals surface area (Å²) in [5, 5.41) is 9.51. The molecule has 1 N–H and O–H groups in total. The van der Waals surface area contributed by atoms with E-state index in [1.807, 2.05) is 74.5 Å². The van der Waals surface area contributed by atoms with E-state index in [-0.39, 0.29) is 0 Å². The van der Waals surface area contributed by atoms with Crippen LogP contribution in [-0.4, -0.2) is 15.5 Å². The van der Waals surface area contributed by atoms with Gasteiger partial charge in [-0.3, -0.25) is 5.43 Å². The molecule has 0 bridgehead atoms. The van der Waals surface area contributed by atoms with E-state index in [4.69, 9.17) is 11.6 Å². The molecule has 0 spiro atoms. The molecule has 0 saturated carbocycles. The Balaban J connectivity index is 1.92. The zero-order valence-electron chi connectivity index (χ0n) is 13.0. The number of rotatable bonds is 4. The summed E-state index contributed by atoms with van der Waals surface area (Å²) >= 11 is 6.53. The van der Waals surface area contributed by atoms with Crippen molar-refractivity contribution in [3.8, 4) is 5.69 Å². The standard InChI is InChI=1S/C18H17ClN4/c1-13(20-21-15-9-5-3-6-10-15)17-14(2)22-23(18(17)19)16-11-7-4-8-12-16/h3-12,21H,1-2H3/b20-13+. The molecule has 0 saturated heterocycles. The molecule has 0 radical (unpaired) electrons. The Morgan fingerprint density at radius 2 is 1.65 bits per heavy atom. The quantitative estimate of drug-likeness (QED) is 0.559. The average Bonchev–Trinajstić information content (AvgIpc) is 2.89. The number of halogens is 1. The van der Waals surface area contributed by atoms with E-state index < -0.39 is 0 Å². The van der Waals surface area contributed by atoms with Crippen LogP contribution in [0.1, 0.15) is 18.2 Å². The molecule has 3 rings (SSSR count). The van der Waals surface area contributed by atoms with Gasteiger partial charge in [-0.1, -0.05) is 48.0 Å². The van der Waals surface area contributed by atoms with Gasteiger partial charge < -0.3 is 0 Å². The Labute approximate surface area is 140 Å². The number of nitrogens with zero attached hydrogens (tertiary/aromatic N) is 3. The number of anilines is 1. The van der Waals surface area contributed by atoms with Crippen LogP contribution >= 0.6 is 11.6 Å². The molecular formula is C18H17ClN4. The Kier molecular flexibility index (Phi) is 4.44. The van der Waals surface area contributed by atoms with E-state index in [9.17, 15) is 0 Å². The van der Waals surface area contributed by atoms with Crippen molar-refractivity contribution >= 4 is 23.0 Å². The molecule has 2 aromatic carbocycles. The summed E-state index contributed by atoms with van der Waals surface area (Å²) in [6.07, 6.45) is 0. The third kappa shape index (κ3) is 3.27. The van der Waals surface area contributed by atoms with Crippen LogP contribution in [0.2, 0.25) is 5.15 Å². The zero-order chi connectivity index (χ0) is 16.2. The first-order valence-corrected chi connectivity index (χ1v) is 7.71. The smallest absolute Gasteiger partial charge is 0.142 e. The Bertz CT molecular complexity index is 823. The van der Waals surface area contributed by atoms with Gasteiger partial charge in [0, 0.05) is 0 Å². The van der Waals surface area contributed by atoms with Gasteiger partial charge >= 0.3 is 0 Å². The Morgan fingerprint density at radius 1 is 1.04 bits per heavy atom. The highest BCUT2D eigenvalue weighted by Gasteiger charge is 2.16. The van der Waals surface area contributed by atoms with Crippen LogP contribution in [0.25, 0.3) is 5.69 Å². The van der Waals surface area contributed by atoms with Gasteiger partial charge in [0.2, 0.25) is 0 Å². The maximum atomic E-state index is 6.53. The molecule has 4 nitrogen and oxygen atoms in total. The second-order valence-electron chi connectivity index (χ2n) is 5.17. The molecule has 0 atom stereocenters. The molecule has 0 aliphatic carbocycles. The van der Waals surface area contributed by atoms with Crippen molar-refractivity contribution < 1.29 is 0 Å². The largest absolute Gasteiger partial charge is 0.278 e. The number of hydrogen-bond donors (Lipinski definition) is 1. The minimum absolute atomic E-state index is 0.560. The summed E-state index contributed by atoms with van der Waals surface area (Å²) in [5.41, 5.74) is 7.37. The molecule has 3 aromatic rings. The van der Waals surface area contributed by atoms with Crippen molar-refractivity contribution in [2.75, 3.05) is 5.43 Å². The first-order valence-electron chi connectivity index (χ1n) is 7.33. The fraction of sp³-hybridized carbons (Fsp3) is 0.111. The van der Waals surface area contributed by atoms with Gasteiger partial charge in [-0.25, -0.2) is 4.68 Å². The summed E-state index contributed by atoms with van der Waals surface area (Å²) in [5.74, 6) is 0. The van der Waals surface area contributed by atoms with Crippen LogP contribution in [0.5, 0.6) is 0 Å². The predicted octanol–water partition coefficient (Wildman–Crippen LogP) is 4.67. The van der Waals surface area contributed by atoms with Gasteiger partial charge in [0.25, 0.3) is 0 Å². The molecule has 0 amide bonds. The first kappa shape index (κ1) is 15.3. The number of benzene rings is 2. The lowest BCUT2D eigenvalue weighted by Crippen LogP contribution is -2.01. The van der Waals surface area contributed by atoms with E-state index in [0.717, 1.165) is 28.3 Å². The van der Waals surface area contributed by atoms with Crippen molar-refractivity contribution in [2.45, 2.75) is 13.8 Å². The summed E-state index contributed by atoms with van der Waals surface area (Å²) in [4.78, 5) is 0. The Morgan fingerprint density at radius 3 is 2.30 bits per heavy atom. The van der Waals surface area contributed by atoms with Crippen LogP contribution in [0.4, 0.5) is 5.69 Å². The summed E-state index contributed by atoms with van der Waals surface area (Å²) < 4.78 is 1.73. The summed E-state index contributed by atoms with van der Waals surface area (Å²) in [6, 6.07) is 19.6. The van der Waals surface area contributed by atoms with Gasteiger partial charge in [0.05, 0.1) is 28.3 Å². The maximum Gasteiger partial charge on any atom is 0.142 e.